The molecule has 0 aromatic heterocycles. The lowest BCUT2D eigenvalue weighted by Crippen LogP contribution is -2.61. The molecule has 0 saturated carbocycles. The molecule has 2 rings (SSSR count). The van der Waals surface area contributed by atoms with Gasteiger partial charge in [0.15, 0.2) is 0 Å². The van der Waals surface area contributed by atoms with Crippen molar-refractivity contribution in [2.24, 2.45) is 0 Å². The third-order valence-electron chi connectivity index (χ3n) is 5.91. The van der Waals surface area contributed by atoms with Gasteiger partial charge >= 0.3 is 17.9 Å². The molecule has 0 spiro atoms. The lowest BCUT2D eigenvalue weighted by Gasteiger charge is -2.30. The van der Waals surface area contributed by atoms with E-state index >= 15 is 0 Å². The molecule has 0 amide bonds. The number of unbranched alkanes of at least 4 members (excludes halogenated alkanes) is 2. The molecule has 1 atom stereocenters. The Hall–Kier alpha value is -3.43. The van der Waals surface area contributed by atoms with Gasteiger partial charge in [-0.2, -0.15) is 0 Å². The Labute approximate surface area is 230 Å². The van der Waals surface area contributed by atoms with Crippen molar-refractivity contribution < 1.29 is 43.2 Å². The van der Waals surface area contributed by atoms with E-state index in [2.05, 4.69) is 13.0 Å². The molecule has 0 aliphatic rings. The number of esters is 3. The van der Waals surface area contributed by atoms with E-state index in [0.29, 0.717) is 6.42 Å². The van der Waals surface area contributed by atoms with Gasteiger partial charge in [0.2, 0.25) is 6.10 Å². The molecule has 0 aliphatic carbocycles. The fourth-order valence-corrected chi connectivity index (χ4v) is 3.86. The zero-order chi connectivity index (χ0) is 28.7. The van der Waals surface area contributed by atoms with Gasteiger partial charge in [-0.3, -0.25) is 0 Å². The van der Waals surface area contributed by atoms with Gasteiger partial charge in [0.1, 0.15) is 11.5 Å². The smallest absolute Gasteiger partial charge is 0.353 e. The van der Waals surface area contributed by atoms with Gasteiger partial charge < -0.3 is 28.8 Å². The van der Waals surface area contributed by atoms with E-state index in [9.17, 15) is 19.5 Å². The fraction of sp³-hybridized carbons (Fsp3) is 0.500. The zero-order valence-electron chi connectivity index (χ0n) is 23.3. The molecule has 0 bridgehead atoms. The number of aryl methyl sites for hydroxylation is 2. The first-order valence-corrected chi connectivity index (χ1v) is 13.5. The molecule has 0 radical (unpaired) electrons. The predicted octanol–water partition coefficient (Wildman–Crippen LogP) is 4.56. The first kappa shape index (κ1) is 31.8. The van der Waals surface area contributed by atoms with Gasteiger partial charge in [-0.15, -0.1) is 0 Å². The molecule has 2 aromatic carbocycles. The van der Waals surface area contributed by atoms with Crippen molar-refractivity contribution in [1.82, 2.24) is 0 Å². The van der Waals surface area contributed by atoms with Crippen LogP contribution in [-0.2, 0) is 46.2 Å². The number of hydrogen-bond donors (Lipinski definition) is 1. The van der Waals surface area contributed by atoms with Gasteiger partial charge in [-0.25, -0.2) is 14.4 Å². The monoisotopic (exact) mass is 544 g/mol. The Bertz CT molecular complexity index is 1030. The Morgan fingerprint density at radius 1 is 0.769 bits per heavy atom. The van der Waals surface area contributed by atoms with E-state index in [4.69, 9.17) is 23.7 Å². The number of carbonyl (C=O) groups excluding carboxylic acids is 3. The summed E-state index contributed by atoms with van der Waals surface area (Å²) in [6.45, 7) is 6.43. The molecule has 0 saturated heterocycles. The maximum Gasteiger partial charge on any atom is 0.353 e. The van der Waals surface area contributed by atoms with Gasteiger partial charge in [-0.1, -0.05) is 37.6 Å². The van der Waals surface area contributed by atoms with Gasteiger partial charge in [0.05, 0.1) is 19.8 Å². The Morgan fingerprint density at radius 2 is 1.41 bits per heavy atom. The molecule has 9 heteroatoms. The van der Waals surface area contributed by atoms with Crippen LogP contribution in [0, 0.1) is 0 Å². The van der Waals surface area contributed by atoms with Crippen LogP contribution in [0.3, 0.4) is 0 Å². The third-order valence-corrected chi connectivity index (χ3v) is 5.91. The van der Waals surface area contributed by atoms with Crippen molar-refractivity contribution in [1.29, 1.82) is 0 Å². The van der Waals surface area contributed by atoms with Crippen LogP contribution in [0.1, 0.15) is 58.1 Å². The number of hydrogen-bond acceptors (Lipinski definition) is 9. The van der Waals surface area contributed by atoms with Crippen LogP contribution in [-0.4, -0.2) is 61.1 Å². The third kappa shape index (κ3) is 9.37. The largest absolute Gasteiger partial charge is 0.464 e. The summed E-state index contributed by atoms with van der Waals surface area (Å²) >= 11 is 0. The fourth-order valence-electron chi connectivity index (χ4n) is 3.86. The molecular formula is C30H40O9. The lowest BCUT2D eigenvalue weighted by atomic mass is 9.96. The van der Waals surface area contributed by atoms with E-state index in [1.165, 1.54) is 19.4 Å². The first-order valence-electron chi connectivity index (χ1n) is 13.5. The van der Waals surface area contributed by atoms with Gasteiger partial charge in [0.25, 0.3) is 5.60 Å². The van der Waals surface area contributed by atoms with Crippen molar-refractivity contribution in [3.63, 3.8) is 0 Å². The van der Waals surface area contributed by atoms with Crippen LogP contribution in [0.15, 0.2) is 48.5 Å². The topological polar surface area (TPSA) is 118 Å². The maximum absolute atomic E-state index is 12.6. The van der Waals surface area contributed by atoms with Crippen LogP contribution in [0.2, 0.25) is 0 Å². The van der Waals surface area contributed by atoms with Crippen molar-refractivity contribution in [2.45, 2.75) is 71.5 Å². The van der Waals surface area contributed by atoms with Crippen LogP contribution >= 0.6 is 0 Å². The molecule has 0 heterocycles. The second-order valence-corrected chi connectivity index (χ2v) is 8.77. The average Bonchev–Trinajstić information content (AvgIpc) is 2.93. The molecular weight excluding hydrogens is 504 g/mol. The number of aliphatic hydroxyl groups is 1. The number of rotatable bonds is 17. The van der Waals surface area contributed by atoms with Crippen LogP contribution < -0.4 is 4.74 Å². The van der Waals surface area contributed by atoms with Crippen LogP contribution in [0.5, 0.6) is 11.5 Å². The van der Waals surface area contributed by atoms with Crippen molar-refractivity contribution >= 4 is 17.9 Å². The van der Waals surface area contributed by atoms with Crippen LogP contribution in [0.4, 0.5) is 0 Å². The Morgan fingerprint density at radius 3 is 2.00 bits per heavy atom. The van der Waals surface area contributed by atoms with Gasteiger partial charge in [-0.05, 0) is 81.8 Å². The maximum atomic E-state index is 12.6. The summed E-state index contributed by atoms with van der Waals surface area (Å²) in [4.78, 5) is 37.6. The highest BCUT2D eigenvalue weighted by Crippen LogP contribution is 2.24. The highest BCUT2D eigenvalue weighted by Gasteiger charge is 2.58. The molecule has 9 nitrogen and oxygen atoms in total. The van der Waals surface area contributed by atoms with E-state index in [1.807, 2.05) is 42.5 Å². The predicted molar refractivity (Wildman–Crippen MR) is 144 cm³/mol. The Balaban J connectivity index is 1.90. The molecule has 0 fully saturated rings. The van der Waals surface area contributed by atoms with Crippen molar-refractivity contribution in [3.05, 3.63) is 59.7 Å². The Kier molecular flexibility index (Phi) is 13.5. The summed E-state index contributed by atoms with van der Waals surface area (Å²) in [6.07, 6.45) is 1.96. The first-order chi connectivity index (χ1) is 18.8. The molecule has 2 aromatic rings. The SMILES string of the molecule is CCOC(=O)C(OCCCCCc1ccc(Oc2cccc(CC)c2)cc1)C(O)(C(=O)OCC)C(=O)OCC. The van der Waals surface area contributed by atoms with E-state index in [1.54, 1.807) is 6.92 Å². The quantitative estimate of drug-likeness (QED) is 0.132. The van der Waals surface area contributed by atoms with E-state index in [0.717, 1.165) is 42.7 Å². The highest BCUT2D eigenvalue weighted by molar-refractivity contribution is 6.08. The molecule has 39 heavy (non-hydrogen) atoms. The van der Waals surface area contributed by atoms with E-state index < -0.39 is 29.6 Å². The average molecular weight is 545 g/mol. The van der Waals surface area contributed by atoms with E-state index in [-0.39, 0.29) is 26.4 Å². The minimum atomic E-state index is -2.97. The summed E-state index contributed by atoms with van der Waals surface area (Å²) in [5, 5.41) is 11.0. The molecule has 0 aliphatic heterocycles. The minimum Gasteiger partial charge on any atom is -0.464 e. The second-order valence-electron chi connectivity index (χ2n) is 8.77. The van der Waals surface area contributed by atoms with Gasteiger partial charge in [0, 0.05) is 6.61 Å². The van der Waals surface area contributed by atoms with Crippen molar-refractivity contribution in [3.8, 4) is 11.5 Å². The second kappa shape index (κ2) is 16.5. The normalized spacial score (nSPS) is 11.9. The lowest BCUT2D eigenvalue weighted by molar-refractivity contribution is -0.208. The van der Waals surface area contributed by atoms with Crippen LogP contribution in [0.25, 0.3) is 0 Å². The number of ether oxygens (including phenoxy) is 5. The standard InChI is InChI=1S/C30H40O9/c1-5-22-14-12-15-25(21-22)39-24-18-16-23(17-19-24)13-10-9-11-20-38-26(27(31)35-6-2)30(34,28(32)36-7-3)29(33)37-8-4/h12,14-19,21,26,34H,5-11,13,20H2,1-4H3. The minimum absolute atomic E-state index is 0.00814. The summed E-state index contributed by atoms with van der Waals surface area (Å²) < 4.78 is 26.1. The molecule has 1 unspecified atom stereocenters. The summed E-state index contributed by atoms with van der Waals surface area (Å²) in [5.41, 5.74) is -0.609. The number of carbonyl (C=O) groups is 3. The van der Waals surface area contributed by atoms with Crippen molar-refractivity contribution in [2.75, 3.05) is 26.4 Å². The number of benzene rings is 2. The summed E-state index contributed by atoms with van der Waals surface area (Å²) in [6, 6.07) is 15.9. The summed E-state index contributed by atoms with van der Waals surface area (Å²) in [7, 11) is 0. The molecule has 214 valence electrons. The highest BCUT2D eigenvalue weighted by atomic mass is 16.6. The molecule has 1 N–H and O–H groups in total. The summed E-state index contributed by atoms with van der Waals surface area (Å²) in [5.74, 6) is -2.13. The zero-order valence-corrected chi connectivity index (χ0v) is 23.3.